The van der Waals surface area contributed by atoms with Crippen molar-refractivity contribution in [3.05, 3.63) is 25.3 Å². The first-order chi connectivity index (χ1) is 10.7. The van der Waals surface area contributed by atoms with Crippen molar-refractivity contribution < 1.29 is 14.3 Å². The average molecular weight is 324 g/mol. The Bertz CT molecular complexity index is 400. The van der Waals surface area contributed by atoms with E-state index in [2.05, 4.69) is 13.2 Å². The van der Waals surface area contributed by atoms with Crippen molar-refractivity contribution >= 4 is 11.8 Å². The zero-order valence-corrected chi connectivity index (χ0v) is 15.1. The molecule has 2 amide bonds. The van der Waals surface area contributed by atoms with Crippen molar-refractivity contribution in [3.8, 4) is 0 Å². The van der Waals surface area contributed by atoms with Gasteiger partial charge in [0.15, 0.2) is 0 Å². The van der Waals surface area contributed by atoms with Crippen LogP contribution in [0.2, 0.25) is 0 Å². The molecule has 0 spiro atoms. The van der Waals surface area contributed by atoms with E-state index < -0.39 is 0 Å². The fourth-order valence-corrected chi connectivity index (χ4v) is 2.10. The lowest BCUT2D eigenvalue weighted by molar-refractivity contribution is -0.126. The highest BCUT2D eigenvalue weighted by Crippen LogP contribution is 2.07. The van der Waals surface area contributed by atoms with Gasteiger partial charge in [-0.15, -0.1) is 0 Å². The van der Waals surface area contributed by atoms with E-state index in [0.29, 0.717) is 32.8 Å². The second-order valence-corrected chi connectivity index (χ2v) is 6.32. The molecule has 0 saturated heterocycles. The van der Waals surface area contributed by atoms with Crippen LogP contribution in [-0.4, -0.2) is 60.0 Å². The molecule has 0 N–H and O–H groups in total. The lowest BCUT2D eigenvalue weighted by Gasteiger charge is -2.25. The van der Waals surface area contributed by atoms with Crippen LogP contribution in [0.25, 0.3) is 0 Å². The van der Waals surface area contributed by atoms with E-state index in [0.717, 1.165) is 12.8 Å². The predicted octanol–water partition coefficient (Wildman–Crippen LogP) is 2.63. The summed E-state index contributed by atoms with van der Waals surface area (Å²) >= 11 is 0. The Morgan fingerprint density at radius 2 is 1.43 bits per heavy atom. The Kier molecular flexibility index (Phi) is 10.2. The SMILES string of the molecule is C=CC(=O)N(CC)CCCN(CCCOC(C)(C)C)C(=O)C=C. The van der Waals surface area contributed by atoms with Gasteiger partial charge >= 0.3 is 0 Å². The summed E-state index contributed by atoms with van der Waals surface area (Å²) in [5.41, 5.74) is -0.167. The average Bonchev–Trinajstić information content (AvgIpc) is 2.51. The Morgan fingerprint density at radius 1 is 0.957 bits per heavy atom. The molecule has 5 nitrogen and oxygen atoms in total. The summed E-state index contributed by atoms with van der Waals surface area (Å²) in [4.78, 5) is 27.0. The van der Waals surface area contributed by atoms with E-state index in [1.807, 2.05) is 27.7 Å². The normalized spacial score (nSPS) is 11.0. The smallest absolute Gasteiger partial charge is 0.245 e. The van der Waals surface area contributed by atoms with Crippen molar-refractivity contribution in [2.45, 2.75) is 46.1 Å². The zero-order chi connectivity index (χ0) is 17.9. The summed E-state index contributed by atoms with van der Waals surface area (Å²) in [6.45, 7) is 18.1. The van der Waals surface area contributed by atoms with Crippen LogP contribution in [0.3, 0.4) is 0 Å². The Hall–Kier alpha value is -1.62. The van der Waals surface area contributed by atoms with Gasteiger partial charge in [-0.3, -0.25) is 9.59 Å². The molecule has 0 bridgehead atoms. The summed E-state index contributed by atoms with van der Waals surface area (Å²) in [5, 5.41) is 0. The number of likely N-dealkylation sites (N-methyl/N-ethyl adjacent to an activating group) is 1. The van der Waals surface area contributed by atoms with Gasteiger partial charge in [-0.05, 0) is 52.7 Å². The first-order valence-electron chi connectivity index (χ1n) is 8.21. The third-order valence-electron chi connectivity index (χ3n) is 3.32. The third kappa shape index (κ3) is 9.89. The van der Waals surface area contributed by atoms with Gasteiger partial charge in [0, 0.05) is 32.8 Å². The standard InChI is InChI=1S/C18H32N2O3/c1-7-16(21)19(9-3)12-10-13-20(17(22)8-2)14-11-15-23-18(4,5)6/h7-8H,1-2,9-15H2,3-6H3. The number of carbonyl (C=O) groups excluding carboxylic acids is 2. The molecule has 5 heteroatoms. The largest absolute Gasteiger partial charge is 0.376 e. The Morgan fingerprint density at radius 3 is 1.91 bits per heavy atom. The van der Waals surface area contributed by atoms with E-state index in [-0.39, 0.29) is 17.4 Å². The maximum atomic E-state index is 11.9. The fraction of sp³-hybridized carbons (Fsp3) is 0.667. The van der Waals surface area contributed by atoms with Gasteiger partial charge in [-0.2, -0.15) is 0 Å². The second kappa shape index (κ2) is 11.0. The summed E-state index contributed by atoms with van der Waals surface area (Å²) in [6.07, 6.45) is 4.16. The molecule has 0 heterocycles. The van der Waals surface area contributed by atoms with Gasteiger partial charge in [0.05, 0.1) is 5.60 Å². The summed E-state index contributed by atoms with van der Waals surface area (Å²) in [6, 6.07) is 0. The van der Waals surface area contributed by atoms with E-state index in [1.165, 1.54) is 12.2 Å². The molecule has 0 unspecified atom stereocenters. The maximum Gasteiger partial charge on any atom is 0.245 e. The topological polar surface area (TPSA) is 49.9 Å². The number of rotatable bonds is 11. The molecule has 0 aromatic rings. The van der Waals surface area contributed by atoms with E-state index in [1.54, 1.807) is 9.80 Å². The Balaban J connectivity index is 4.30. The highest BCUT2D eigenvalue weighted by molar-refractivity contribution is 5.87. The molecular weight excluding hydrogens is 292 g/mol. The number of ether oxygens (including phenoxy) is 1. The van der Waals surface area contributed by atoms with Crippen LogP contribution >= 0.6 is 0 Å². The molecule has 132 valence electrons. The number of nitrogens with zero attached hydrogens (tertiary/aromatic N) is 2. The minimum Gasteiger partial charge on any atom is -0.376 e. The molecule has 0 aliphatic heterocycles. The van der Waals surface area contributed by atoms with E-state index >= 15 is 0 Å². The molecule has 0 aliphatic carbocycles. The van der Waals surface area contributed by atoms with Crippen LogP contribution < -0.4 is 0 Å². The van der Waals surface area contributed by atoms with Gasteiger partial charge in [0.1, 0.15) is 0 Å². The maximum absolute atomic E-state index is 11.9. The van der Waals surface area contributed by atoms with Crippen molar-refractivity contribution in [1.82, 2.24) is 9.80 Å². The van der Waals surface area contributed by atoms with Gasteiger partial charge in [-0.1, -0.05) is 13.2 Å². The van der Waals surface area contributed by atoms with Gasteiger partial charge < -0.3 is 14.5 Å². The summed E-state index contributed by atoms with van der Waals surface area (Å²) in [5.74, 6) is -0.161. The molecule has 0 rings (SSSR count). The van der Waals surface area contributed by atoms with Gasteiger partial charge in [0.25, 0.3) is 0 Å². The number of hydrogen-bond donors (Lipinski definition) is 0. The highest BCUT2D eigenvalue weighted by Gasteiger charge is 2.14. The molecule has 23 heavy (non-hydrogen) atoms. The number of carbonyl (C=O) groups is 2. The van der Waals surface area contributed by atoms with Crippen molar-refractivity contribution in [2.24, 2.45) is 0 Å². The minimum absolute atomic E-state index is 0.0762. The van der Waals surface area contributed by atoms with Crippen LogP contribution in [0.1, 0.15) is 40.5 Å². The number of amides is 2. The quantitative estimate of drug-likeness (QED) is 0.434. The summed E-state index contributed by atoms with van der Waals surface area (Å²) < 4.78 is 5.67. The fourth-order valence-electron chi connectivity index (χ4n) is 2.10. The highest BCUT2D eigenvalue weighted by atomic mass is 16.5. The van der Waals surface area contributed by atoms with Crippen LogP contribution in [-0.2, 0) is 14.3 Å². The first-order valence-corrected chi connectivity index (χ1v) is 8.21. The molecule has 0 radical (unpaired) electrons. The van der Waals surface area contributed by atoms with E-state index in [9.17, 15) is 9.59 Å². The van der Waals surface area contributed by atoms with Crippen LogP contribution in [0.5, 0.6) is 0 Å². The Labute approximate surface area is 141 Å². The first kappa shape index (κ1) is 21.4. The van der Waals surface area contributed by atoms with E-state index in [4.69, 9.17) is 4.74 Å². The summed E-state index contributed by atoms with van der Waals surface area (Å²) in [7, 11) is 0. The van der Waals surface area contributed by atoms with Crippen LogP contribution in [0, 0.1) is 0 Å². The minimum atomic E-state index is -0.167. The molecular formula is C18H32N2O3. The molecule has 0 fully saturated rings. The molecule has 0 aromatic heterocycles. The molecule has 0 saturated carbocycles. The lowest BCUT2D eigenvalue weighted by Crippen LogP contribution is -2.36. The molecule has 0 aromatic carbocycles. The third-order valence-corrected chi connectivity index (χ3v) is 3.32. The monoisotopic (exact) mass is 324 g/mol. The molecule has 0 atom stereocenters. The lowest BCUT2D eigenvalue weighted by atomic mass is 10.2. The van der Waals surface area contributed by atoms with Crippen LogP contribution in [0.4, 0.5) is 0 Å². The van der Waals surface area contributed by atoms with Crippen molar-refractivity contribution in [2.75, 3.05) is 32.8 Å². The number of hydrogen-bond acceptors (Lipinski definition) is 3. The van der Waals surface area contributed by atoms with Gasteiger partial charge in [0.2, 0.25) is 11.8 Å². The van der Waals surface area contributed by atoms with Crippen LogP contribution in [0.15, 0.2) is 25.3 Å². The van der Waals surface area contributed by atoms with Gasteiger partial charge in [-0.25, -0.2) is 0 Å². The zero-order valence-electron chi connectivity index (χ0n) is 15.1. The molecule has 0 aliphatic rings. The predicted molar refractivity (Wildman–Crippen MR) is 94.2 cm³/mol. The van der Waals surface area contributed by atoms with Crippen molar-refractivity contribution in [3.63, 3.8) is 0 Å². The van der Waals surface area contributed by atoms with Crippen molar-refractivity contribution in [1.29, 1.82) is 0 Å². The second-order valence-electron chi connectivity index (χ2n) is 6.32.